The zero-order valence-electron chi connectivity index (χ0n) is 33.3. The molecule has 0 aromatic heterocycles. The number of fused-ring (bicyclic) bond motifs is 6. The number of nitrogens with zero attached hydrogens (tertiary/aromatic N) is 1. The van der Waals surface area contributed by atoms with E-state index >= 15 is 0 Å². The molecule has 3 aliphatic heterocycles. The molecule has 11 rings (SSSR count). The topological polar surface area (TPSA) is 3.24 Å². The fraction of sp³-hybridized carbons (Fsp3) is 0.0943. The Hall–Kier alpha value is -4.82. The highest BCUT2D eigenvalue weighted by Gasteiger charge is 2.37. The summed E-state index contributed by atoms with van der Waals surface area (Å²) in [6.45, 7) is 9.75. The van der Waals surface area contributed by atoms with Gasteiger partial charge in [-0.25, -0.2) is 0 Å². The molecule has 6 heteroatoms. The molecule has 1 nitrogen and oxygen atoms in total. The second-order valence-electron chi connectivity index (χ2n) is 16.5. The number of hydrogen-bond donors (Lipinski definition) is 0. The lowest BCUT2D eigenvalue weighted by molar-refractivity contribution is 0.608. The van der Waals surface area contributed by atoms with Gasteiger partial charge in [-0.2, -0.15) is 0 Å². The summed E-state index contributed by atoms with van der Waals surface area (Å²) < 4.78 is 0. The van der Waals surface area contributed by atoms with Gasteiger partial charge in [-0.05, 0) is 104 Å². The van der Waals surface area contributed by atoms with E-state index in [1.165, 1.54) is 88.6 Å². The second kappa shape index (κ2) is 14.4. The first-order chi connectivity index (χ1) is 28.8. The molecular formula is C53H41NS4Si. The maximum Gasteiger partial charge on any atom is 0.115 e. The van der Waals surface area contributed by atoms with Crippen LogP contribution in [0.4, 0.5) is 17.1 Å². The van der Waals surface area contributed by atoms with Gasteiger partial charge in [0.1, 0.15) is 8.07 Å². The van der Waals surface area contributed by atoms with Crippen molar-refractivity contribution in [1.29, 1.82) is 0 Å². The Kier molecular flexibility index (Phi) is 9.09. The van der Waals surface area contributed by atoms with Crippen molar-refractivity contribution in [3.8, 4) is 22.3 Å². The zero-order chi connectivity index (χ0) is 39.9. The summed E-state index contributed by atoms with van der Waals surface area (Å²) in [5, 5.41) is 3.02. The molecule has 0 bridgehead atoms. The largest absolute Gasteiger partial charge is 0.309 e. The molecule has 0 saturated carbocycles. The molecule has 0 spiro atoms. The molecule has 8 aromatic carbocycles. The zero-order valence-corrected chi connectivity index (χ0v) is 37.6. The van der Waals surface area contributed by atoms with E-state index in [2.05, 4.69) is 208 Å². The number of benzene rings is 8. The van der Waals surface area contributed by atoms with Crippen LogP contribution in [0.25, 0.3) is 22.3 Å². The van der Waals surface area contributed by atoms with Crippen LogP contribution in [0, 0.1) is 0 Å². The van der Waals surface area contributed by atoms with Crippen molar-refractivity contribution >= 4 is 82.6 Å². The SMILES string of the molecule is CC1(C)c2ccccc2Sc2c(-c3ccc(N(c4ccc(-c5cccc6c5Sc5ccccc5S6)cc4)c4cccc5c4Sc4ccccc4[Si]5(C)C)cc3)cccc21. The summed E-state index contributed by atoms with van der Waals surface area (Å²) in [6.07, 6.45) is 0. The van der Waals surface area contributed by atoms with Crippen LogP contribution in [0.1, 0.15) is 25.0 Å². The van der Waals surface area contributed by atoms with Crippen LogP contribution in [0.15, 0.2) is 215 Å². The average molecular weight is 848 g/mol. The summed E-state index contributed by atoms with van der Waals surface area (Å²) in [6, 6.07) is 65.9. The van der Waals surface area contributed by atoms with Crippen molar-refractivity contribution in [2.24, 2.45) is 0 Å². The van der Waals surface area contributed by atoms with E-state index in [4.69, 9.17) is 0 Å². The molecular weight excluding hydrogens is 807 g/mol. The highest BCUT2D eigenvalue weighted by Crippen LogP contribution is 2.54. The molecule has 3 heterocycles. The van der Waals surface area contributed by atoms with Crippen LogP contribution in [0.5, 0.6) is 0 Å². The van der Waals surface area contributed by atoms with Crippen molar-refractivity contribution < 1.29 is 0 Å². The third kappa shape index (κ3) is 6.18. The minimum Gasteiger partial charge on any atom is -0.309 e. The monoisotopic (exact) mass is 847 g/mol. The fourth-order valence-corrected chi connectivity index (χ4v) is 18.6. The second-order valence-corrected chi connectivity index (χ2v) is 25.1. The summed E-state index contributed by atoms with van der Waals surface area (Å²) in [5.41, 5.74) is 11.3. The standard InChI is InChI=1S/C53H41NS4Si/c1-53(2)40-16-5-6-19-43(40)56-50-38(14-11-17-41(50)53)34-26-30-36(31-27-34)54(42-18-13-25-49-52(42)58-46-22-9-10-24-48(46)59(49,3)4)37-32-28-35(29-33-37)39-15-12-23-47-51(39)57-45-21-8-7-20-44(45)55-47/h5-33H,1-4H3. The first-order valence-electron chi connectivity index (χ1n) is 20.2. The van der Waals surface area contributed by atoms with E-state index < -0.39 is 8.07 Å². The third-order valence-electron chi connectivity index (χ3n) is 12.3. The Morgan fingerprint density at radius 1 is 0.390 bits per heavy atom. The first kappa shape index (κ1) is 37.2. The maximum absolute atomic E-state index is 2.51. The van der Waals surface area contributed by atoms with Gasteiger partial charge in [-0.1, -0.05) is 189 Å². The highest BCUT2D eigenvalue weighted by atomic mass is 32.2. The molecule has 0 unspecified atom stereocenters. The van der Waals surface area contributed by atoms with Crippen LogP contribution in [-0.2, 0) is 5.41 Å². The summed E-state index contributed by atoms with van der Waals surface area (Å²) in [7, 11) is -1.96. The van der Waals surface area contributed by atoms with Gasteiger partial charge in [0.2, 0.25) is 0 Å². The predicted octanol–water partition coefficient (Wildman–Crippen LogP) is 15.2. The van der Waals surface area contributed by atoms with Gasteiger partial charge >= 0.3 is 0 Å². The molecule has 0 fully saturated rings. The molecule has 0 saturated heterocycles. The van der Waals surface area contributed by atoms with E-state index in [0.29, 0.717) is 0 Å². The van der Waals surface area contributed by atoms with Crippen LogP contribution >= 0.6 is 47.0 Å². The normalized spacial score (nSPS) is 15.1. The third-order valence-corrected chi connectivity index (χ3v) is 21.2. The highest BCUT2D eigenvalue weighted by molar-refractivity contribution is 8.05. The predicted molar refractivity (Wildman–Crippen MR) is 257 cm³/mol. The van der Waals surface area contributed by atoms with Crippen molar-refractivity contribution in [1.82, 2.24) is 0 Å². The molecule has 286 valence electrons. The molecule has 8 aromatic rings. The van der Waals surface area contributed by atoms with Gasteiger partial charge in [0.05, 0.1) is 5.69 Å². The molecule has 0 atom stereocenters. The van der Waals surface area contributed by atoms with Gasteiger partial charge in [-0.15, -0.1) is 0 Å². The molecule has 0 aliphatic carbocycles. The average Bonchev–Trinajstić information content (AvgIpc) is 3.26. The minimum absolute atomic E-state index is 0.0725. The Bertz CT molecular complexity index is 2950. The lowest BCUT2D eigenvalue weighted by Crippen LogP contribution is -2.56. The summed E-state index contributed by atoms with van der Waals surface area (Å²) >= 11 is 7.61. The summed E-state index contributed by atoms with van der Waals surface area (Å²) in [5.74, 6) is 0. The van der Waals surface area contributed by atoms with Gasteiger partial charge in [0, 0.05) is 56.0 Å². The lowest BCUT2D eigenvalue weighted by atomic mass is 9.77. The Morgan fingerprint density at radius 2 is 0.881 bits per heavy atom. The van der Waals surface area contributed by atoms with E-state index in [0.717, 1.165) is 11.4 Å². The Balaban J connectivity index is 1.02. The van der Waals surface area contributed by atoms with E-state index in [1.807, 2.05) is 47.0 Å². The van der Waals surface area contributed by atoms with Crippen molar-refractivity contribution in [3.63, 3.8) is 0 Å². The minimum atomic E-state index is -1.96. The van der Waals surface area contributed by atoms with Gasteiger partial charge < -0.3 is 4.90 Å². The number of anilines is 3. The van der Waals surface area contributed by atoms with Crippen LogP contribution in [-0.4, -0.2) is 8.07 Å². The Morgan fingerprint density at radius 3 is 1.59 bits per heavy atom. The maximum atomic E-state index is 2.51. The lowest BCUT2D eigenvalue weighted by Gasteiger charge is -2.36. The molecule has 0 amide bonds. The smallest absolute Gasteiger partial charge is 0.115 e. The van der Waals surface area contributed by atoms with E-state index in [1.54, 1.807) is 0 Å². The van der Waals surface area contributed by atoms with Crippen molar-refractivity contribution in [2.45, 2.75) is 71.5 Å². The quantitative estimate of drug-likeness (QED) is 0.158. The van der Waals surface area contributed by atoms with Gasteiger partial charge in [-0.3, -0.25) is 0 Å². The molecule has 0 radical (unpaired) electrons. The number of rotatable bonds is 5. The fourth-order valence-electron chi connectivity index (χ4n) is 9.10. The molecule has 3 aliphatic rings. The van der Waals surface area contributed by atoms with Crippen molar-refractivity contribution in [2.75, 3.05) is 4.90 Å². The number of hydrogen-bond acceptors (Lipinski definition) is 5. The van der Waals surface area contributed by atoms with Crippen molar-refractivity contribution in [3.05, 3.63) is 187 Å². The Labute approximate surface area is 365 Å². The van der Waals surface area contributed by atoms with Gasteiger partial charge in [0.15, 0.2) is 0 Å². The van der Waals surface area contributed by atoms with Gasteiger partial charge in [0.25, 0.3) is 0 Å². The molecule has 0 N–H and O–H groups in total. The van der Waals surface area contributed by atoms with Crippen LogP contribution < -0.4 is 15.3 Å². The first-order valence-corrected chi connectivity index (χ1v) is 26.4. The van der Waals surface area contributed by atoms with Crippen LogP contribution in [0.3, 0.4) is 0 Å². The van der Waals surface area contributed by atoms with E-state index in [9.17, 15) is 0 Å². The molecule has 59 heavy (non-hydrogen) atoms. The van der Waals surface area contributed by atoms with Crippen LogP contribution in [0.2, 0.25) is 13.1 Å². The van der Waals surface area contributed by atoms with E-state index in [-0.39, 0.29) is 5.41 Å². The summed E-state index contributed by atoms with van der Waals surface area (Å²) in [4.78, 5) is 13.3.